The van der Waals surface area contributed by atoms with Crippen LogP contribution in [0.25, 0.3) is 0 Å². The first-order valence-electron chi connectivity index (χ1n) is 6.49. The minimum Gasteiger partial charge on any atom is -1.00 e. The molecule has 0 radical (unpaired) electrons. The molecule has 0 N–H and O–H groups in total. The fourth-order valence-electron chi connectivity index (χ4n) is 3.37. The van der Waals surface area contributed by atoms with Gasteiger partial charge >= 0.3 is 113 Å². The summed E-state index contributed by atoms with van der Waals surface area (Å²) in [5.74, 6) is 0. The van der Waals surface area contributed by atoms with Gasteiger partial charge in [0.15, 0.2) is 0 Å². The second-order valence-electron chi connectivity index (χ2n) is 6.70. The molecule has 0 heterocycles. The monoisotopic (exact) mass is 372 g/mol. The summed E-state index contributed by atoms with van der Waals surface area (Å²) >= 11 is 2.49. The van der Waals surface area contributed by atoms with Crippen LogP contribution in [0, 0.1) is 0 Å². The Morgan fingerprint density at radius 1 is 1.11 bits per heavy atom. The molecule has 0 amide bonds. The SMILES string of the molecule is CC1=C[C]([Ti+3])(C[Si](C)(C)C)C2=C1CCCC2.[Cl-].[Cl-].[Cl-]. The standard InChI is InChI=1S/C14H23Si.3ClH.Ti/c1-11-9-12(10-15(2,3)4)14-8-6-5-7-13(11)14;;;;/h9H,5-8,10H2,1-4H3;3*1H;/q;;;;+3/p-3. The maximum atomic E-state index is 2.58. The average Bonchev–Trinajstić information content (AvgIpc) is 2.37. The molecule has 0 saturated carbocycles. The van der Waals surface area contributed by atoms with Gasteiger partial charge in [-0.2, -0.15) is 0 Å². The minimum atomic E-state index is -0.979. The molecule has 2 aliphatic carbocycles. The summed E-state index contributed by atoms with van der Waals surface area (Å²) in [5.41, 5.74) is 5.13. The van der Waals surface area contributed by atoms with Gasteiger partial charge in [0.2, 0.25) is 0 Å². The van der Waals surface area contributed by atoms with Crippen LogP contribution in [-0.4, -0.2) is 8.07 Å². The topological polar surface area (TPSA) is 0 Å². The van der Waals surface area contributed by atoms with Gasteiger partial charge in [-0.1, -0.05) is 0 Å². The van der Waals surface area contributed by atoms with Gasteiger partial charge in [0, 0.05) is 0 Å². The Kier molecular flexibility index (Phi) is 9.57. The quantitative estimate of drug-likeness (QED) is 0.432. The van der Waals surface area contributed by atoms with E-state index in [1.54, 1.807) is 16.7 Å². The Hall–Kier alpha value is 1.28. The second kappa shape index (κ2) is 8.06. The second-order valence-corrected chi connectivity index (χ2v) is 13.6. The van der Waals surface area contributed by atoms with Crippen LogP contribution in [-0.2, 0) is 20.4 Å². The summed E-state index contributed by atoms with van der Waals surface area (Å²) in [7, 11) is -0.979. The van der Waals surface area contributed by atoms with E-state index >= 15 is 0 Å². The van der Waals surface area contributed by atoms with Crippen LogP contribution in [0.5, 0.6) is 0 Å². The molecular formula is C14H23Cl3SiTi. The van der Waals surface area contributed by atoms with Crippen LogP contribution < -0.4 is 37.2 Å². The van der Waals surface area contributed by atoms with E-state index < -0.39 is 8.07 Å². The van der Waals surface area contributed by atoms with Crippen molar-refractivity contribution in [3.63, 3.8) is 0 Å². The van der Waals surface area contributed by atoms with Gasteiger partial charge in [-0.3, -0.25) is 0 Å². The van der Waals surface area contributed by atoms with Crippen LogP contribution >= 0.6 is 0 Å². The Morgan fingerprint density at radius 3 is 2.16 bits per heavy atom. The average molecular weight is 374 g/mol. The summed E-state index contributed by atoms with van der Waals surface area (Å²) in [6, 6.07) is 1.43. The van der Waals surface area contributed by atoms with E-state index in [0.29, 0.717) is 3.72 Å². The first-order chi connectivity index (χ1) is 7.32. The van der Waals surface area contributed by atoms with Gasteiger partial charge in [0.25, 0.3) is 0 Å². The minimum absolute atomic E-state index is 0. The molecule has 1 unspecified atom stereocenters. The van der Waals surface area contributed by atoms with Gasteiger partial charge in [0.1, 0.15) is 0 Å². The van der Waals surface area contributed by atoms with Gasteiger partial charge in [0.05, 0.1) is 0 Å². The largest absolute Gasteiger partial charge is 1.00 e. The zero-order chi connectivity index (χ0) is 12.0. The number of rotatable bonds is 2. The number of hydrogen-bond acceptors (Lipinski definition) is 0. The molecule has 19 heavy (non-hydrogen) atoms. The third-order valence-electron chi connectivity index (χ3n) is 3.75. The Labute approximate surface area is 149 Å². The van der Waals surface area contributed by atoms with E-state index in [2.05, 4.69) is 53.1 Å². The maximum absolute atomic E-state index is 2.58. The molecule has 0 nitrogen and oxygen atoms in total. The smallest absolute Gasteiger partial charge is 1.00 e. The van der Waals surface area contributed by atoms with Crippen molar-refractivity contribution in [2.24, 2.45) is 0 Å². The van der Waals surface area contributed by atoms with Crippen molar-refractivity contribution in [3.05, 3.63) is 22.8 Å². The fourth-order valence-corrected chi connectivity index (χ4v) is 8.61. The zero-order valence-corrected chi connectivity index (χ0v) is 17.1. The number of allylic oxidation sites excluding steroid dienone is 4. The zero-order valence-electron chi connectivity index (χ0n) is 12.2. The molecule has 2 aliphatic rings. The van der Waals surface area contributed by atoms with Gasteiger partial charge in [-0.25, -0.2) is 0 Å². The third kappa shape index (κ3) is 5.20. The predicted octanol–water partition coefficient (Wildman–Crippen LogP) is -4.13. The predicted molar refractivity (Wildman–Crippen MR) is 70.1 cm³/mol. The van der Waals surface area contributed by atoms with E-state index in [4.69, 9.17) is 0 Å². The summed E-state index contributed by atoms with van der Waals surface area (Å²) in [4.78, 5) is 0. The molecule has 0 spiro atoms. The number of hydrogen-bond donors (Lipinski definition) is 0. The number of halogens is 3. The Balaban J connectivity index is 0. The van der Waals surface area contributed by atoms with E-state index in [1.807, 2.05) is 0 Å². The summed E-state index contributed by atoms with van der Waals surface area (Å²) < 4.78 is 0.421. The van der Waals surface area contributed by atoms with E-state index in [9.17, 15) is 0 Å². The fraction of sp³-hybridized carbons (Fsp3) is 0.714. The Bertz CT molecular complexity index is 371. The Morgan fingerprint density at radius 2 is 1.63 bits per heavy atom. The van der Waals surface area contributed by atoms with E-state index in [1.165, 1.54) is 31.7 Å². The molecule has 0 aromatic heterocycles. The van der Waals surface area contributed by atoms with Crippen molar-refractivity contribution in [1.82, 2.24) is 0 Å². The van der Waals surface area contributed by atoms with E-state index in [-0.39, 0.29) is 37.2 Å². The van der Waals surface area contributed by atoms with Crippen molar-refractivity contribution in [2.75, 3.05) is 0 Å². The molecule has 2 rings (SSSR count). The first kappa shape index (κ1) is 22.6. The summed E-state index contributed by atoms with van der Waals surface area (Å²) in [6.45, 7) is 9.84. The molecule has 108 valence electrons. The molecule has 0 saturated heterocycles. The van der Waals surface area contributed by atoms with Gasteiger partial charge < -0.3 is 37.2 Å². The van der Waals surface area contributed by atoms with Gasteiger partial charge in [-0.15, -0.1) is 0 Å². The van der Waals surface area contributed by atoms with Crippen LogP contribution in [0.3, 0.4) is 0 Å². The van der Waals surface area contributed by atoms with Crippen molar-refractivity contribution < 1.29 is 57.7 Å². The maximum Gasteiger partial charge on any atom is -1.00 e. The van der Waals surface area contributed by atoms with Crippen molar-refractivity contribution in [3.8, 4) is 0 Å². The summed E-state index contributed by atoms with van der Waals surface area (Å²) in [6.07, 6.45) is 8.12. The molecular weight excluding hydrogens is 350 g/mol. The third-order valence-corrected chi connectivity index (χ3v) is 6.90. The van der Waals surface area contributed by atoms with Crippen LogP contribution in [0.4, 0.5) is 0 Å². The summed E-state index contributed by atoms with van der Waals surface area (Å²) in [5, 5.41) is 0. The first-order valence-corrected chi connectivity index (χ1v) is 11.0. The van der Waals surface area contributed by atoms with Crippen molar-refractivity contribution in [2.45, 2.75) is 62.0 Å². The molecule has 5 heteroatoms. The van der Waals surface area contributed by atoms with Gasteiger partial charge in [-0.05, 0) is 0 Å². The normalized spacial score (nSPS) is 25.7. The molecule has 0 fully saturated rings. The molecule has 0 aromatic rings. The van der Waals surface area contributed by atoms with Crippen LogP contribution in [0.1, 0.15) is 32.6 Å². The van der Waals surface area contributed by atoms with Crippen molar-refractivity contribution in [1.29, 1.82) is 0 Å². The molecule has 0 aliphatic heterocycles. The molecule has 0 bridgehead atoms. The molecule has 0 aromatic carbocycles. The van der Waals surface area contributed by atoms with E-state index in [0.717, 1.165) is 0 Å². The molecule has 1 atom stereocenters. The van der Waals surface area contributed by atoms with Crippen LogP contribution in [0.15, 0.2) is 22.8 Å². The van der Waals surface area contributed by atoms with Crippen molar-refractivity contribution >= 4 is 8.07 Å². The van der Waals surface area contributed by atoms with Crippen LogP contribution in [0.2, 0.25) is 29.4 Å².